The second-order valence-corrected chi connectivity index (χ2v) is 6.88. The molecule has 1 unspecified atom stereocenters. The molecular formula is C10H22N2O3S2. The molecule has 0 radical (unpaired) electrons. The van der Waals surface area contributed by atoms with Gasteiger partial charge < -0.3 is 5.11 Å². The Labute approximate surface area is 108 Å². The van der Waals surface area contributed by atoms with Crippen molar-refractivity contribution in [3.63, 3.8) is 0 Å². The second kappa shape index (κ2) is 7.58. The number of piperidine rings is 1. The summed E-state index contributed by atoms with van der Waals surface area (Å²) in [4.78, 5) is 0. The molecule has 1 rings (SSSR count). The third kappa shape index (κ3) is 4.75. The summed E-state index contributed by atoms with van der Waals surface area (Å²) in [5.41, 5.74) is 0. The predicted molar refractivity (Wildman–Crippen MR) is 71.4 cm³/mol. The first kappa shape index (κ1) is 15.2. The molecule has 0 bridgehead atoms. The van der Waals surface area contributed by atoms with E-state index in [1.54, 1.807) is 11.8 Å². The van der Waals surface area contributed by atoms with E-state index in [9.17, 15) is 13.5 Å². The van der Waals surface area contributed by atoms with E-state index in [-0.39, 0.29) is 12.6 Å². The molecule has 1 fully saturated rings. The van der Waals surface area contributed by atoms with Crippen molar-refractivity contribution in [3.05, 3.63) is 0 Å². The SMILES string of the molecule is CSCCCNS(=O)(=O)N1CCCCC1CO. The molecule has 7 heteroatoms. The van der Waals surface area contributed by atoms with E-state index in [4.69, 9.17) is 0 Å². The molecule has 0 aliphatic carbocycles. The van der Waals surface area contributed by atoms with Gasteiger partial charge in [0, 0.05) is 19.1 Å². The molecule has 1 heterocycles. The van der Waals surface area contributed by atoms with Crippen molar-refractivity contribution in [2.24, 2.45) is 0 Å². The van der Waals surface area contributed by atoms with Gasteiger partial charge >= 0.3 is 0 Å². The molecule has 0 aromatic heterocycles. The summed E-state index contributed by atoms with van der Waals surface area (Å²) in [6.45, 7) is 0.895. The van der Waals surface area contributed by atoms with Crippen LogP contribution < -0.4 is 4.72 Å². The molecule has 2 N–H and O–H groups in total. The van der Waals surface area contributed by atoms with Crippen molar-refractivity contribution in [1.82, 2.24) is 9.03 Å². The summed E-state index contributed by atoms with van der Waals surface area (Å²) in [7, 11) is -3.41. The fourth-order valence-corrected chi connectivity index (χ4v) is 3.91. The maximum Gasteiger partial charge on any atom is 0.279 e. The Kier molecular flexibility index (Phi) is 6.79. The van der Waals surface area contributed by atoms with Crippen molar-refractivity contribution in [3.8, 4) is 0 Å². The molecule has 1 atom stereocenters. The van der Waals surface area contributed by atoms with Gasteiger partial charge in [0.25, 0.3) is 10.2 Å². The van der Waals surface area contributed by atoms with Gasteiger partial charge in [-0.2, -0.15) is 24.5 Å². The van der Waals surface area contributed by atoms with Gasteiger partial charge in [-0.3, -0.25) is 0 Å². The Morgan fingerprint density at radius 1 is 1.47 bits per heavy atom. The summed E-state index contributed by atoms with van der Waals surface area (Å²) < 4.78 is 28.0. The first-order valence-corrected chi connectivity index (χ1v) is 8.81. The standard InChI is InChI=1S/C10H22N2O3S2/c1-16-8-4-6-11-17(14,15)12-7-3-2-5-10(12)9-13/h10-11,13H,2-9H2,1H3. The number of aliphatic hydroxyl groups excluding tert-OH is 1. The van der Waals surface area contributed by atoms with E-state index in [0.717, 1.165) is 31.4 Å². The van der Waals surface area contributed by atoms with E-state index in [1.165, 1.54) is 4.31 Å². The third-order valence-corrected chi connectivity index (χ3v) is 5.27. The van der Waals surface area contributed by atoms with Crippen molar-refractivity contribution in [2.75, 3.05) is 31.7 Å². The molecule has 0 spiro atoms. The van der Waals surface area contributed by atoms with Crippen LogP contribution in [0.5, 0.6) is 0 Å². The smallest absolute Gasteiger partial charge is 0.279 e. The zero-order valence-corrected chi connectivity index (χ0v) is 11.9. The van der Waals surface area contributed by atoms with E-state index >= 15 is 0 Å². The fourth-order valence-electron chi connectivity index (χ4n) is 1.97. The lowest BCUT2D eigenvalue weighted by molar-refractivity contribution is 0.154. The highest BCUT2D eigenvalue weighted by Crippen LogP contribution is 2.19. The van der Waals surface area contributed by atoms with Crippen LogP contribution in [0, 0.1) is 0 Å². The maximum atomic E-state index is 12.0. The van der Waals surface area contributed by atoms with Crippen molar-refractivity contribution < 1.29 is 13.5 Å². The van der Waals surface area contributed by atoms with Gasteiger partial charge in [0.15, 0.2) is 0 Å². The highest BCUT2D eigenvalue weighted by atomic mass is 32.2. The quantitative estimate of drug-likeness (QED) is 0.664. The van der Waals surface area contributed by atoms with Crippen LogP contribution in [0.3, 0.4) is 0 Å². The molecule has 17 heavy (non-hydrogen) atoms. The van der Waals surface area contributed by atoms with Crippen molar-refractivity contribution in [1.29, 1.82) is 0 Å². The molecule has 102 valence electrons. The van der Waals surface area contributed by atoms with Crippen LogP contribution in [0.1, 0.15) is 25.7 Å². The summed E-state index contributed by atoms with van der Waals surface area (Å²) >= 11 is 1.70. The Morgan fingerprint density at radius 2 is 2.24 bits per heavy atom. The molecule has 0 aromatic rings. The maximum absolute atomic E-state index is 12.0. The van der Waals surface area contributed by atoms with Gasteiger partial charge in [-0.1, -0.05) is 6.42 Å². The number of nitrogens with one attached hydrogen (secondary N) is 1. The summed E-state index contributed by atoms with van der Waals surface area (Å²) in [6.07, 6.45) is 5.45. The summed E-state index contributed by atoms with van der Waals surface area (Å²) in [6, 6.07) is -0.248. The summed E-state index contributed by atoms with van der Waals surface area (Å²) in [5, 5.41) is 9.20. The van der Waals surface area contributed by atoms with Crippen LogP contribution in [0.2, 0.25) is 0 Å². The van der Waals surface area contributed by atoms with E-state index in [2.05, 4.69) is 4.72 Å². The average Bonchev–Trinajstić information content (AvgIpc) is 2.34. The highest BCUT2D eigenvalue weighted by molar-refractivity contribution is 7.98. The molecule has 1 aliphatic heterocycles. The Morgan fingerprint density at radius 3 is 2.88 bits per heavy atom. The minimum atomic E-state index is -3.41. The third-order valence-electron chi connectivity index (χ3n) is 2.90. The highest BCUT2D eigenvalue weighted by Gasteiger charge is 2.31. The largest absolute Gasteiger partial charge is 0.395 e. The molecule has 1 saturated heterocycles. The molecule has 0 saturated carbocycles. The van der Waals surface area contributed by atoms with Gasteiger partial charge in [0.05, 0.1) is 6.61 Å². The number of thioether (sulfide) groups is 1. The minimum absolute atomic E-state index is 0.0915. The molecule has 5 nitrogen and oxygen atoms in total. The number of hydrogen-bond acceptors (Lipinski definition) is 4. The number of rotatable bonds is 7. The zero-order valence-electron chi connectivity index (χ0n) is 10.3. The molecule has 0 aromatic carbocycles. The lowest BCUT2D eigenvalue weighted by Gasteiger charge is -2.33. The average molecular weight is 282 g/mol. The van der Waals surface area contributed by atoms with Crippen LogP contribution >= 0.6 is 11.8 Å². The number of hydrogen-bond donors (Lipinski definition) is 2. The number of nitrogens with zero attached hydrogens (tertiary/aromatic N) is 1. The molecular weight excluding hydrogens is 260 g/mol. The van der Waals surface area contributed by atoms with Crippen molar-refractivity contribution >= 4 is 22.0 Å². The van der Waals surface area contributed by atoms with Crippen LogP contribution in [0.4, 0.5) is 0 Å². The molecule has 1 aliphatic rings. The van der Waals surface area contributed by atoms with Gasteiger partial charge in [-0.15, -0.1) is 0 Å². The lowest BCUT2D eigenvalue weighted by Crippen LogP contribution is -2.50. The fraction of sp³-hybridized carbons (Fsp3) is 1.00. The van der Waals surface area contributed by atoms with E-state index in [0.29, 0.717) is 13.1 Å². The lowest BCUT2D eigenvalue weighted by atomic mass is 10.1. The normalized spacial score (nSPS) is 22.8. The predicted octanol–water partition coefficient (Wildman–Crippen LogP) is 0.421. The molecule has 0 amide bonds. The van der Waals surface area contributed by atoms with Gasteiger partial charge in [-0.25, -0.2) is 4.72 Å². The van der Waals surface area contributed by atoms with Crippen LogP contribution in [-0.2, 0) is 10.2 Å². The second-order valence-electron chi connectivity index (χ2n) is 4.19. The first-order valence-electron chi connectivity index (χ1n) is 5.98. The Balaban J connectivity index is 2.49. The first-order chi connectivity index (χ1) is 8.11. The minimum Gasteiger partial charge on any atom is -0.395 e. The number of aliphatic hydroxyl groups is 1. The van der Waals surface area contributed by atoms with Crippen molar-refractivity contribution in [2.45, 2.75) is 31.7 Å². The van der Waals surface area contributed by atoms with E-state index in [1.807, 2.05) is 6.26 Å². The Hall–Kier alpha value is 0.180. The van der Waals surface area contributed by atoms with Crippen LogP contribution in [0.15, 0.2) is 0 Å². The van der Waals surface area contributed by atoms with Crippen LogP contribution in [0.25, 0.3) is 0 Å². The Bertz CT molecular complexity index is 309. The zero-order chi connectivity index (χ0) is 12.7. The topological polar surface area (TPSA) is 69.6 Å². The van der Waals surface area contributed by atoms with Gasteiger partial charge in [-0.05, 0) is 31.3 Å². The summed E-state index contributed by atoms with van der Waals surface area (Å²) in [5.74, 6) is 0.950. The monoisotopic (exact) mass is 282 g/mol. The van der Waals surface area contributed by atoms with Gasteiger partial charge in [0.2, 0.25) is 0 Å². The van der Waals surface area contributed by atoms with Gasteiger partial charge in [0.1, 0.15) is 0 Å². The van der Waals surface area contributed by atoms with Crippen LogP contribution in [-0.4, -0.2) is 55.6 Å². The van der Waals surface area contributed by atoms with E-state index < -0.39 is 10.2 Å².